The Morgan fingerprint density at radius 2 is 1.74 bits per heavy atom. The Morgan fingerprint density at radius 3 is 2.35 bits per heavy atom. The predicted molar refractivity (Wildman–Crippen MR) is 86.3 cm³/mol. The van der Waals surface area contributed by atoms with E-state index in [0.717, 1.165) is 0 Å². The molecule has 0 heterocycles. The van der Waals surface area contributed by atoms with E-state index in [1.807, 2.05) is 0 Å². The first-order chi connectivity index (χ1) is 10.8. The fraction of sp³-hybridized carbons (Fsp3) is 0.133. The lowest BCUT2D eigenvalue weighted by Gasteiger charge is -2.15. The number of benzene rings is 2. The van der Waals surface area contributed by atoms with Gasteiger partial charge in [-0.3, -0.25) is 4.79 Å². The molecule has 1 amide bonds. The number of carbonyl (C=O) groups excluding carboxylic acids is 1. The number of para-hydroxylation sites is 1. The minimum atomic E-state index is -3.89. The number of nitrogens with one attached hydrogen (secondary N) is 2. The van der Waals surface area contributed by atoms with Gasteiger partial charge in [0.1, 0.15) is 5.82 Å². The standard InChI is InChI=1S/C15H14ClFN2O3S/c1-10(15(20)18-14-5-3-2-4-13(14)17)19-23(21,22)12-8-6-11(16)7-9-12/h2-10,19H,1H3,(H,18,20)/t10-/m0/s1. The molecule has 0 radical (unpaired) electrons. The van der Waals surface area contributed by atoms with Crippen LogP contribution in [-0.4, -0.2) is 20.4 Å². The molecule has 2 aromatic rings. The summed E-state index contributed by atoms with van der Waals surface area (Å²) in [6, 6.07) is 10.0. The molecule has 8 heteroatoms. The van der Waals surface area contributed by atoms with Crippen LogP contribution in [0.2, 0.25) is 5.02 Å². The Hall–Kier alpha value is -1.96. The van der Waals surface area contributed by atoms with Crippen molar-refractivity contribution in [3.05, 3.63) is 59.4 Å². The van der Waals surface area contributed by atoms with Crippen LogP contribution in [-0.2, 0) is 14.8 Å². The van der Waals surface area contributed by atoms with Crippen molar-refractivity contribution in [2.24, 2.45) is 0 Å². The molecule has 0 aromatic heterocycles. The van der Waals surface area contributed by atoms with Gasteiger partial charge in [-0.05, 0) is 43.3 Å². The topological polar surface area (TPSA) is 75.3 Å². The van der Waals surface area contributed by atoms with Crippen LogP contribution in [0.3, 0.4) is 0 Å². The molecule has 0 bridgehead atoms. The summed E-state index contributed by atoms with van der Waals surface area (Å²) in [5.74, 6) is -1.28. The summed E-state index contributed by atoms with van der Waals surface area (Å²) >= 11 is 5.71. The van der Waals surface area contributed by atoms with Crippen molar-refractivity contribution in [2.75, 3.05) is 5.32 Å². The van der Waals surface area contributed by atoms with Crippen molar-refractivity contribution in [3.63, 3.8) is 0 Å². The Kier molecular flexibility index (Phi) is 5.35. The third-order valence-corrected chi connectivity index (χ3v) is 4.79. The van der Waals surface area contributed by atoms with Crippen molar-refractivity contribution in [1.82, 2.24) is 4.72 Å². The average molecular weight is 357 g/mol. The maximum atomic E-state index is 13.5. The lowest BCUT2D eigenvalue weighted by atomic mass is 10.2. The summed E-state index contributed by atoms with van der Waals surface area (Å²) in [6.45, 7) is 1.36. The number of hydrogen-bond donors (Lipinski definition) is 2. The van der Waals surface area contributed by atoms with Crippen molar-refractivity contribution < 1.29 is 17.6 Å². The summed E-state index contributed by atoms with van der Waals surface area (Å²) in [5.41, 5.74) is -0.0185. The molecule has 0 aliphatic rings. The molecular weight excluding hydrogens is 343 g/mol. The Labute approximate surface area is 138 Å². The molecule has 0 unspecified atom stereocenters. The summed E-state index contributed by atoms with van der Waals surface area (Å²) in [7, 11) is -3.89. The van der Waals surface area contributed by atoms with E-state index in [-0.39, 0.29) is 10.6 Å². The summed E-state index contributed by atoms with van der Waals surface area (Å²) < 4.78 is 40.1. The highest BCUT2D eigenvalue weighted by atomic mass is 35.5. The van der Waals surface area contributed by atoms with Gasteiger partial charge in [-0.25, -0.2) is 12.8 Å². The zero-order valence-corrected chi connectivity index (χ0v) is 13.7. The lowest BCUT2D eigenvalue weighted by molar-refractivity contribution is -0.117. The van der Waals surface area contributed by atoms with E-state index >= 15 is 0 Å². The molecule has 2 aromatic carbocycles. The van der Waals surface area contributed by atoms with E-state index in [2.05, 4.69) is 10.0 Å². The normalized spacial score (nSPS) is 12.7. The molecule has 0 spiro atoms. The maximum Gasteiger partial charge on any atom is 0.242 e. The Balaban J connectivity index is 2.08. The SMILES string of the molecule is C[C@H](NS(=O)(=O)c1ccc(Cl)cc1)C(=O)Nc1ccccc1F. The lowest BCUT2D eigenvalue weighted by Crippen LogP contribution is -2.41. The van der Waals surface area contributed by atoms with Crippen LogP contribution < -0.4 is 10.0 Å². The van der Waals surface area contributed by atoms with Crippen molar-refractivity contribution in [1.29, 1.82) is 0 Å². The summed E-state index contributed by atoms with van der Waals surface area (Å²) in [5, 5.41) is 2.73. The molecule has 0 saturated carbocycles. The number of halogens is 2. The maximum absolute atomic E-state index is 13.5. The van der Waals surface area contributed by atoms with Crippen molar-refractivity contribution in [2.45, 2.75) is 17.9 Å². The smallest absolute Gasteiger partial charge is 0.242 e. The first-order valence-corrected chi connectivity index (χ1v) is 8.49. The molecule has 0 saturated heterocycles. The molecule has 2 rings (SSSR count). The minimum absolute atomic E-state index is 0.0185. The van der Waals surface area contributed by atoms with E-state index in [1.165, 1.54) is 49.4 Å². The molecule has 0 aliphatic heterocycles. The number of hydrogen-bond acceptors (Lipinski definition) is 3. The summed E-state index contributed by atoms with van der Waals surface area (Å²) in [6.07, 6.45) is 0. The van der Waals surface area contributed by atoms with Crippen molar-refractivity contribution in [3.8, 4) is 0 Å². The van der Waals surface area contributed by atoms with E-state index in [4.69, 9.17) is 11.6 Å². The van der Waals surface area contributed by atoms with Gasteiger partial charge in [0.2, 0.25) is 15.9 Å². The van der Waals surface area contributed by atoms with Gasteiger partial charge in [0.25, 0.3) is 0 Å². The third kappa shape index (κ3) is 4.51. The largest absolute Gasteiger partial charge is 0.322 e. The first kappa shape index (κ1) is 17.4. The van der Waals surface area contributed by atoms with Crippen LogP contribution >= 0.6 is 11.6 Å². The molecule has 122 valence electrons. The second-order valence-electron chi connectivity index (χ2n) is 4.77. The van der Waals surface area contributed by atoms with E-state index in [1.54, 1.807) is 6.07 Å². The van der Waals surface area contributed by atoms with Gasteiger partial charge in [0.05, 0.1) is 16.6 Å². The minimum Gasteiger partial charge on any atom is -0.322 e. The molecule has 0 aliphatic carbocycles. The highest BCUT2D eigenvalue weighted by molar-refractivity contribution is 7.89. The first-order valence-electron chi connectivity index (χ1n) is 6.63. The zero-order valence-electron chi connectivity index (χ0n) is 12.1. The van der Waals surface area contributed by atoms with Gasteiger partial charge in [-0.1, -0.05) is 23.7 Å². The fourth-order valence-corrected chi connectivity index (χ4v) is 3.10. The zero-order chi connectivity index (χ0) is 17.0. The van der Waals surface area contributed by atoms with Gasteiger partial charge < -0.3 is 5.32 Å². The molecular formula is C15H14ClFN2O3S. The van der Waals surface area contributed by atoms with E-state index in [9.17, 15) is 17.6 Å². The van der Waals surface area contributed by atoms with Gasteiger partial charge in [-0.2, -0.15) is 4.72 Å². The number of carbonyl (C=O) groups is 1. The Morgan fingerprint density at radius 1 is 1.13 bits per heavy atom. The second-order valence-corrected chi connectivity index (χ2v) is 6.92. The highest BCUT2D eigenvalue weighted by Gasteiger charge is 2.22. The number of amides is 1. The average Bonchev–Trinajstić information content (AvgIpc) is 2.49. The van der Waals surface area contributed by atoms with Crippen LogP contribution in [0.15, 0.2) is 53.4 Å². The summed E-state index contributed by atoms with van der Waals surface area (Å²) in [4.78, 5) is 12.0. The Bertz CT molecular complexity index is 810. The predicted octanol–water partition coefficient (Wildman–Crippen LogP) is 2.78. The van der Waals surface area contributed by atoms with Crippen LogP contribution in [0.25, 0.3) is 0 Å². The quantitative estimate of drug-likeness (QED) is 0.865. The van der Waals surface area contributed by atoms with Crippen LogP contribution in [0.5, 0.6) is 0 Å². The third-order valence-electron chi connectivity index (χ3n) is 2.98. The molecule has 5 nitrogen and oxygen atoms in total. The van der Waals surface area contributed by atoms with Gasteiger partial charge in [-0.15, -0.1) is 0 Å². The molecule has 0 fully saturated rings. The highest BCUT2D eigenvalue weighted by Crippen LogP contribution is 2.15. The van der Waals surface area contributed by atoms with Gasteiger partial charge in [0.15, 0.2) is 0 Å². The number of anilines is 1. The monoisotopic (exact) mass is 356 g/mol. The van der Waals surface area contributed by atoms with Crippen LogP contribution in [0.4, 0.5) is 10.1 Å². The molecule has 2 N–H and O–H groups in total. The van der Waals surface area contributed by atoms with Crippen LogP contribution in [0.1, 0.15) is 6.92 Å². The van der Waals surface area contributed by atoms with Crippen molar-refractivity contribution >= 4 is 33.2 Å². The van der Waals surface area contributed by atoms with E-state index < -0.39 is 27.8 Å². The number of sulfonamides is 1. The van der Waals surface area contributed by atoms with E-state index in [0.29, 0.717) is 5.02 Å². The molecule has 1 atom stereocenters. The number of rotatable bonds is 5. The second kappa shape index (κ2) is 7.08. The van der Waals surface area contributed by atoms with Gasteiger partial charge in [0, 0.05) is 5.02 Å². The molecule has 23 heavy (non-hydrogen) atoms. The van der Waals surface area contributed by atoms with Gasteiger partial charge >= 0.3 is 0 Å². The fourth-order valence-electron chi connectivity index (χ4n) is 1.77. The van der Waals surface area contributed by atoms with Crippen LogP contribution in [0, 0.1) is 5.82 Å².